The van der Waals surface area contributed by atoms with E-state index in [0.717, 1.165) is 6.42 Å². The van der Waals surface area contributed by atoms with Gasteiger partial charge in [0.2, 0.25) is 0 Å². The summed E-state index contributed by atoms with van der Waals surface area (Å²) in [5, 5.41) is 0. The quantitative estimate of drug-likeness (QED) is 0.497. The Bertz CT molecular complexity index is 897. The maximum atomic E-state index is 3.74. The Morgan fingerprint density at radius 3 is 2.62 bits per heavy atom. The molecule has 1 saturated carbocycles. The van der Waals surface area contributed by atoms with Gasteiger partial charge in [0, 0.05) is 0 Å². The molecule has 0 N–H and O–H groups in total. The van der Waals surface area contributed by atoms with Crippen LogP contribution in [0.1, 0.15) is 48.8 Å². The molecule has 0 spiro atoms. The van der Waals surface area contributed by atoms with Crippen molar-refractivity contribution in [1.29, 1.82) is 0 Å². The number of hydrogen-bond acceptors (Lipinski definition) is 0. The second kappa shape index (κ2) is 5.63. The molecule has 0 unspecified atom stereocenters. The summed E-state index contributed by atoms with van der Waals surface area (Å²) in [5.41, 5.74) is 11.3. The van der Waals surface area contributed by atoms with Gasteiger partial charge in [-0.15, -0.1) is 0 Å². The average molecular weight is 309 g/mol. The number of hydrogen-bond donors (Lipinski definition) is 0. The fourth-order valence-electron chi connectivity index (χ4n) is 4.43. The highest BCUT2D eigenvalue weighted by Gasteiger charge is 2.21. The Kier molecular flexibility index (Phi) is 3.29. The summed E-state index contributed by atoms with van der Waals surface area (Å²) in [6.07, 6.45) is 14.5. The minimum Gasteiger partial charge on any atom is -0.0623 e. The van der Waals surface area contributed by atoms with Crippen LogP contribution in [-0.4, -0.2) is 0 Å². The molecule has 0 aromatic heterocycles. The van der Waals surface area contributed by atoms with Gasteiger partial charge in [0.05, 0.1) is 0 Å². The first-order chi connectivity index (χ1) is 11.9. The van der Waals surface area contributed by atoms with Crippen molar-refractivity contribution in [3.8, 4) is 11.1 Å². The lowest BCUT2D eigenvalue weighted by molar-refractivity contribution is 0.597. The molecule has 5 rings (SSSR count). The largest absolute Gasteiger partial charge is 0.0623 e. The summed E-state index contributed by atoms with van der Waals surface area (Å²) in [5.74, 6) is 0. The van der Waals surface area contributed by atoms with E-state index in [1.54, 1.807) is 5.57 Å². The molecule has 0 atom stereocenters. The van der Waals surface area contributed by atoms with Crippen LogP contribution in [0.25, 0.3) is 16.7 Å². The highest BCUT2D eigenvalue weighted by Crippen LogP contribution is 2.40. The van der Waals surface area contributed by atoms with Gasteiger partial charge in [-0.05, 0) is 77.1 Å². The Morgan fingerprint density at radius 2 is 1.71 bits per heavy atom. The molecule has 0 nitrogen and oxygen atoms in total. The van der Waals surface area contributed by atoms with E-state index >= 15 is 0 Å². The van der Waals surface area contributed by atoms with Crippen LogP contribution in [0.2, 0.25) is 0 Å². The zero-order valence-electron chi connectivity index (χ0n) is 13.9. The molecular weight excluding hydrogens is 288 g/mol. The Balaban J connectivity index is 1.54. The van der Waals surface area contributed by atoms with E-state index in [9.17, 15) is 0 Å². The summed E-state index contributed by atoms with van der Waals surface area (Å²) >= 11 is 0. The van der Waals surface area contributed by atoms with Gasteiger partial charge in [-0.2, -0.15) is 0 Å². The van der Waals surface area contributed by atoms with Crippen LogP contribution >= 0.6 is 0 Å². The van der Waals surface area contributed by atoms with E-state index in [-0.39, 0.29) is 0 Å². The maximum absolute atomic E-state index is 3.74. The highest BCUT2D eigenvalue weighted by atomic mass is 14.2. The monoisotopic (exact) mass is 309 g/mol. The predicted molar refractivity (Wildman–Crippen MR) is 101 cm³/mol. The summed E-state index contributed by atoms with van der Waals surface area (Å²) < 4.78 is 0. The van der Waals surface area contributed by atoms with Crippen LogP contribution in [0, 0.1) is 6.07 Å². The standard InChI is InChI=1S/C24H21/c1-2-7-17(8-3-1)21-11-6-12-23(21)19-13-14-24-20(16-19)15-18-9-4-5-10-22(18)24/h4-6,9-14H,1-3,7-8,15H2. The molecule has 117 valence electrons. The molecule has 0 heterocycles. The van der Waals surface area contributed by atoms with Crippen LogP contribution in [-0.2, 0) is 6.42 Å². The first-order valence-electron chi connectivity index (χ1n) is 9.15. The minimum atomic E-state index is 1.02. The number of fused-ring (bicyclic) bond motifs is 3. The third-order valence-electron chi connectivity index (χ3n) is 5.65. The molecule has 24 heavy (non-hydrogen) atoms. The molecular formula is C24H21. The van der Waals surface area contributed by atoms with Gasteiger partial charge < -0.3 is 0 Å². The van der Waals surface area contributed by atoms with Crippen molar-refractivity contribution < 1.29 is 0 Å². The zero-order valence-corrected chi connectivity index (χ0v) is 13.9. The molecule has 0 saturated heterocycles. The third kappa shape index (κ3) is 2.21. The van der Waals surface area contributed by atoms with Crippen molar-refractivity contribution in [3.05, 3.63) is 88.5 Å². The van der Waals surface area contributed by atoms with Crippen molar-refractivity contribution in [2.45, 2.75) is 38.5 Å². The second-order valence-corrected chi connectivity index (χ2v) is 7.12. The van der Waals surface area contributed by atoms with Gasteiger partial charge in [0.15, 0.2) is 0 Å². The molecule has 2 aromatic carbocycles. The molecule has 1 fully saturated rings. The molecule has 0 amide bonds. The van der Waals surface area contributed by atoms with E-state index in [2.05, 4.69) is 60.7 Å². The third-order valence-corrected chi connectivity index (χ3v) is 5.65. The topological polar surface area (TPSA) is 0 Å². The first kappa shape index (κ1) is 14.0. The van der Waals surface area contributed by atoms with Gasteiger partial charge in [-0.3, -0.25) is 0 Å². The Morgan fingerprint density at radius 1 is 0.833 bits per heavy atom. The lowest BCUT2D eigenvalue weighted by Gasteiger charge is -2.18. The summed E-state index contributed by atoms with van der Waals surface area (Å²) in [4.78, 5) is 0. The molecule has 2 aromatic rings. The number of allylic oxidation sites excluding steroid dienone is 6. The Labute approximate surface area is 144 Å². The smallest absolute Gasteiger partial charge is 0.000706 e. The van der Waals surface area contributed by atoms with Crippen molar-refractivity contribution in [1.82, 2.24) is 0 Å². The van der Waals surface area contributed by atoms with Crippen molar-refractivity contribution in [3.63, 3.8) is 0 Å². The van der Waals surface area contributed by atoms with E-state index in [1.165, 1.54) is 71.1 Å². The van der Waals surface area contributed by atoms with E-state index in [1.807, 2.05) is 0 Å². The SMILES string of the molecule is [c]1c(C2=CC=CC2=C2CCCCC2)ccc2c1Cc1ccccc1-2. The van der Waals surface area contributed by atoms with Gasteiger partial charge in [-0.1, -0.05) is 66.6 Å². The second-order valence-electron chi connectivity index (χ2n) is 7.12. The summed E-state index contributed by atoms with van der Waals surface area (Å²) in [6, 6.07) is 17.1. The molecule has 0 heteroatoms. The minimum absolute atomic E-state index is 1.02. The molecule has 0 bridgehead atoms. The number of rotatable bonds is 1. The molecule has 3 aliphatic rings. The van der Waals surface area contributed by atoms with Crippen LogP contribution in [0.5, 0.6) is 0 Å². The highest BCUT2D eigenvalue weighted by molar-refractivity contribution is 5.88. The van der Waals surface area contributed by atoms with E-state index in [4.69, 9.17) is 0 Å². The molecule has 0 aliphatic heterocycles. The lowest BCUT2D eigenvalue weighted by Crippen LogP contribution is -1.99. The lowest BCUT2D eigenvalue weighted by atomic mass is 9.87. The summed E-state index contributed by atoms with van der Waals surface area (Å²) in [6.45, 7) is 0. The van der Waals surface area contributed by atoms with Gasteiger partial charge in [-0.25, -0.2) is 0 Å². The van der Waals surface area contributed by atoms with Crippen molar-refractivity contribution in [2.75, 3.05) is 0 Å². The fourth-order valence-corrected chi connectivity index (χ4v) is 4.43. The van der Waals surface area contributed by atoms with E-state index in [0.29, 0.717) is 0 Å². The van der Waals surface area contributed by atoms with Gasteiger partial charge >= 0.3 is 0 Å². The Hall–Kier alpha value is -2.34. The normalized spacial score (nSPS) is 18.6. The fraction of sp³-hybridized carbons (Fsp3) is 0.250. The first-order valence-corrected chi connectivity index (χ1v) is 9.15. The van der Waals surface area contributed by atoms with Crippen LogP contribution < -0.4 is 0 Å². The van der Waals surface area contributed by atoms with Crippen LogP contribution in [0.4, 0.5) is 0 Å². The average Bonchev–Trinajstić information content (AvgIpc) is 3.26. The van der Waals surface area contributed by atoms with Crippen LogP contribution in [0.3, 0.4) is 0 Å². The van der Waals surface area contributed by atoms with Crippen LogP contribution in [0.15, 0.2) is 65.8 Å². The molecule has 3 aliphatic carbocycles. The van der Waals surface area contributed by atoms with Gasteiger partial charge in [0.1, 0.15) is 0 Å². The van der Waals surface area contributed by atoms with Crippen molar-refractivity contribution in [2.24, 2.45) is 0 Å². The maximum Gasteiger partial charge on any atom is -0.000706 e. The predicted octanol–water partition coefficient (Wildman–Crippen LogP) is 6.27. The van der Waals surface area contributed by atoms with Gasteiger partial charge in [0.25, 0.3) is 0 Å². The van der Waals surface area contributed by atoms with Crippen molar-refractivity contribution >= 4 is 5.57 Å². The van der Waals surface area contributed by atoms with E-state index < -0.39 is 0 Å². The zero-order chi connectivity index (χ0) is 15.9. The summed E-state index contributed by atoms with van der Waals surface area (Å²) in [7, 11) is 0. The number of benzene rings is 2. The molecule has 1 radical (unpaired) electrons.